The molecule has 0 saturated heterocycles. The molecular weight excluding hydrogens is 276 g/mol. The Hall–Kier alpha value is -2.88. The third-order valence-electron chi connectivity index (χ3n) is 3.51. The van der Waals surface area contributed by atoms with Gasteiger partial charge in [0, 0.05) is 11.7 Å². The lowest BCUT2D eigenvalue weighted by atomic mass is 10.1. The van der Waals surface area contributed by atoms with Gasteiger partial charge in [0.2, 0.25) is 0 Å². The summed E-state index contributed by atoms with van der Waals surface area (Å²) in [6.07, 6.45) is 3.43. The smallest absolute Gasteiger partial charge is 0.336 e. The van der Waals surface area contributed by atoms with E-state index in [1.54, 1.807) is 6.21 Å². The number of carbonyl (C=O) groups is 1. The molecule has 1 heterocycles. The third kappa shape index (κ3) is 3.06. The minimum Gasteiger partial charge on any atom is -0.336 e. The van der Waals surface area contributed by atoms with E-state index in [2.05, 4.69) is 5.16 Å². The van der Waals surface area contributed by atoms with E-state index in [4.69, 9.17) is 4.84 Å². The molecule has 110 valence electrons. The number of carbonyl (C=O) groups excluding carboxylic acids is 1. The van der Waals surface area contributed by atoms with Crippen molar-refractivity contribution in [2.75, 3.05) is 0 Å². The van der Waals surface area contributed by atoms with Crippen molar-refractivity contribution in [2.45, 2.75) is 13.5 Å². The second kappa shape index (κ2) is 6.26. The van der Waals surface area contributed by atoms with Crippen molar-refractivity contribution < 1.29 is 9.63 Å². The average molecular weight is 292 g/mol. The first-order valence-corrected chi connectivity index (χ1v) is 7.07. The molecule has 22 heavy (non-hydrogen) atoms. The Balaban J connectivity index is 1.65. The van der Waals surface area contributed by atoms with Crippen LogP contribution in [0.25, 0.3) is 10.9 Å². The van der Waals surface area contributed by atoms with Crippen LogP contribution in [0.1, 0.15) is 11.1 Å². The van der Waals surface area contributed by atoms with Crippen molar-refractivity contribution >= 4 is 23.1 Å². The maximum Gasteiger partial charge on any atom is 0.354 e. The van der Waals surface area contributed by atoms with Crippen LogP contribution >= 0.6 is 0 Å². The van der Waals surface area contributed by atoms with Crippen LogP contribution in [0.3, 0.4) is 0 Å². The lowest BCUT2D eigenvalue weighted by molar-refractivity contribution is -0.144. The summed E-state index contributed by atoms with van der Waals surface area (Å²) < 4.78 is 1.85. The van der Waals surface area contributed by atoms with E-state index in [-0.39, 0.29) is 6.54 Å². The maximum absolute atomic E-state index is 11.9. The molecule has 1 aromatic heterocycles. The SMILES string of the molecule is Cc1ccccc1C=NOC(=O)Cn1ccc2ccccc21. The monoisotopic (exact) mass is 292 g/mol. The van der Waals surface area contributed by atoms with Crippen molar-refractivity contribution in [1.82, 2.24) is 4.57 Å². The summed E-state index contributed by atoms with van der Waals surface area (Å²) in [5.74, 6) is -0.397. The molecule has 3 aromatic rings. The highest BCUT2D eigenvalue weighted by molar-refractivity contribution is 5.83. The fourth-order valence-corrected chi connectivity index (χ4v) is 2.32. The van der Waals surface area contributed by atoms with Gasteiger partial charge < -0.3 is 9.40 Å². The highest BCUT2D eigenvalue weighted by Gasteiger charge is 2.06. The van der Waals surface area contributed by atoms with Gasteiger partial charge >= 0.3 is 5.97 Å². The van der Waals surface area contributed by atoms with E-state index >= 15 is 0 Å². The fraction of sp³-hybridized carbons (Fsp3) is 0.111. The summed E-state index contributed by atoms with van der Waals surface area (Å²) in [5, 5.41) is 4.87. The molecule has 0 atom stereocenters. The van der Waals surface area contributed by atoms with Gasteiger partial charge in [0.05, 0.1) is 6.21 Å². The van der Waals surface area contributed by atoms with Crippen molar-refractivity contribution in [3.05, 3.63) is 71.9 Å². The average Bonchev–Trinajstić information content (AvgIpc) is 2.92. The summed E-state index contributed by atoms with van der Waals surface area (Å²) >= 11 is 0. The van der Waals surface area contributed by atoms with Gasteiger partial charge in [-0.1, -0.05) is 47.6 Å². The standard InChI is InChI=1S/C18H16N2O2/c1-14-6-2-3-8-16(14)12-19-22-18(21)13-20-11-10-15-7-4-5-9-17(15)20/h2-12H,13H2,1H3. The van der Waals surface area contributed by atoms with Crippen LogP contribution in [0.2, 0.25) is 0 Å². The number of aromatic nitrogens is 1. The first kappa shape index (κ1) is 14.1. The van der Waals surface area contributed by atoms with Gasteiger partial charge in [0.25, 0.3) is 0 Å². The molecule has 0 aliphatic rings. The molecule has 0 fully saturated rings. The van der Waals surface area contributed by atoms with Crippen LogP contribution in [0.5, 0.6) is 0 Å². The van der Waals surface area contributed by atoms with Crippen molar-refractivity contribution in [3.63, 3.8) is 0 Å². The van der Waals surface area contributed by atoms with Crippen LogP contribution in [-0.2, 0) is 16.2 Å². The second-order valence-corrected chi connectivity index (χ2v) is 5.06. The van der Waals surface area contributed by atoms with E-state index in [0.717, 1.165) is 22.0 Å². The van der Waals surface area contributed by atoms with Gasteiger partial charge in [0.1, 0.15) is 6.54 Å². The van der Waals surface area contributed by atoms with Crippen LogP contribution in [0.4, 0.5) is 0 Å². The quantitative estimate of drug-likeness (QED) is 0.419. The Kier molecular flexibility index (Phi) is 4.01. The first-order valence-electron chi connectivity index (χ1n) is 7.07. The van der Waals surface area contributed by atoms with Crippen molar-refractivity contribution in [1.29, 1.82) is 0 Å². The molecule has 0 saturated carbocycles. The molecule has 0 bridgehead atoms. The zero-order chi connectivity index (χ0) is 15.4. The minimum atomic E-state index is -0.397. The summed E-state index contributed by atoms with van der Waals surface area (Å²) in [5.41, 5.74) is 3.02. The zero-order valence-electron chi connectivity index (χ0n) is 12.3. The summed E-state index contributed by atoms with van der Waals surface area (Å²) in [6.45, 7) is 2.12. The number of aryl methyl sites for hydroxylation is 1. The molecular formula is C18H16N2O2. The Labute approximate surface area is 128 Å². The van der Waals surface area contributed by atoms with Gasteiger partial charge in [-0.2, -0.15) is 0 Å². The summed E-state index contributed by atoms with van der Waals surface area (Å²) in [6, 6.07) is 17.6. The Morgan fingerprint density at radius 3 is 2.77 bits per heavy atom. The Morgan fingerprint density at radius 2 is 1.91 bits per heavy atom. The number of rotatable bonds is 4. The van der Waals surface area contributed by atoms with Gasteiger partial charge in [0.15, 0.2) is 0 Å². The minimum absolute atomic E-state index is 0.138. The molecule has 0 unspecified atom stereocenters. The Bertz CT molecular complexity index is 834. The summed E-state index contributed by atoms with van der Waals surface area (Å²) in [4.78, 5) is 16.8. The topological polar surface area (TPSA) is 43.6 Å². The van der Waals surface area contributed by atoms with Gasteiger partial charge in [-0.15, -0.1) is 0 Å². The fourth-order valence-electron chi connectivity index (χ4n) is 2.32. The molecule has 0 N–H and O–H groups in total. The van der Waals surface area contributed by atoms with E-state index in [0.29, 0.717) is 0 Å². The number of hydrogen-bond acceptors (Lipinski definition) is 3. The van der Waals surface area contributed by atoms with Crippen molar-refractivity contribution in [2.24, 2.45) is 5.16 Å². The number of para-hydroxylation sites is 1. The van der Waals surface area contributed by atoms with Crippen LogP contribution in [0.15, 0.2) is 65.9 Å². The molecule has 3 rings (SSSR count). The summed E-state index contributed by atoms with van der Waals surface area (Å²) in [7, 11) is 0. The maximum atomic E-state index is 11.9. The van der Waals surface area contributed by atoms with Gasteiger partial charge in [-0.3, -0.25) is 0 Å². The number of fused-ring (bicyclic) bond motifs is 1. The Morgan fingerprint density at radius 1 is 1.14 bits per heavy atom. The second-order valence-electron chi connectivity index (χ2n) is 5.06. The zero-order valence-corrected chi connectivity index (χ0v) is 12.3. The van der Waals surface area contributed by atoms with Gasteiger partial charge in [-0.05, 0) is 35.6 Å². The largest absolute Gasteiger partial charge is 0.354 e. The van der Waals surface area contributed by atoms with E-state index < -0.39 is 5.97 Å². The molecule has 0 amide bonds. The molecule has 0 aliphatic carbocycles. The van der Waals surface area contributed by atoms with Crippen LogP contribution < -0.4 is 0 Å². The normalized spacial score (nSPS) is 11.1. The number of hydrogen-bond donors (Lipinski definition) is 0. The predicted octanol–water partition coefficient (Wildman–Crippen LogP) is 3.53. The predicted molar refractivity (Wildman–Crippen MR) is 86.8 cm³/mol. The third-order valence-corrected chi connectivity index (χ3v) is 3.51. The van der Waals surface area contributed by atoms with E-state index in [1.165, 1.54) is 0 Å². The lowest BCUT2D eigenvalue weighted by Crippen LogP contribution is -2.10. The molecule has 0 spiro atoms. The lowest BCUT2D eigenvalue weighted by Gasteiger charge is -2.03. The van der Waals surface area contributed by atoms with Crippen LogP contribution in [-0.4, -0.2) is 16.8 Å². The molecule has 0 radical (unpaired) electrons. The van der Waals surface area contributed by atoms with Crippen LogP contribution in [0, 0.1) is 6.92 Å². The van der Waals surface area contributed by atoms with Crippen molar-refractivity contribution in [3.8, 4) is 0 Å². The molecule has 0 aliphatic heterocycles. The number of nitrogens with zero attached hydrogens (tertiary/aromatic N) is 2. The highest BCUT2D eigenvalue weighted by atomic mass is 16.7. The number of benzene rings is 2. The first-order chi connectivity index (χ1) is 10.7. The molecule has 2 aromatic carbocycles. The number of oxime groups is 1. The highest BCUT2D eigenvalue weighted by Crippen LogP contribution is 2.14. The molecule has 4 heteroatoms. The molecule has 4 nitrogen and oxygen atoms in total. The van der Waals surface area contributed by atoms with Gasteiger partial charge in [-0.25, -0.2) is 4.79 Å². The van der Waals surface area contributed by atoms with E-state index in [1.807, 2.05) is 72.3 Å². The van der Waals surface area contributed by atoms with E-state index in [9.17, 15) is 4.79 Å².